The molecule has 2 atom stereocenters. The lowest BCUT2D eigenvalue weighted by molar-refractivity contribution is -0.135. The number of amides is 1. The van der Waals surface area contributed by atoms with Gasteiger partial charge >= 0.3 is 0 Å². The molecule has 3 aliphatic rings. The molecule has 124 valence electrons. The average molecular weight is 316 g/mol. The predicted octanol–water partition coefficient (Wildman–Crippen LogP) is 2.94. The Balaban J connectivity index is 1.57. The molecule has 2 unspecified atom stereocenters. The van der Waals surface area contributed by atoms with Gasteiger partial charge in [0.2, 0.25) is 5.91 Å². The van der Waals surface area contributed by atoms with Gasteiger partial charge in [0.1, 0.15) is 5.82 Å². The zero-order valence-electron chi connectivity index (χ0n) is 13.8. The molecule has 0 spiro atoms. The lowest BCUT2D eigenvalue weighted by atomic mass is 9.93. The molecule has 0 radical (unpaired) electrons. The maximum Gasteiger partial charge on any atom is 0.233 e. The van der Waals surface area contributed by atoms with E-state index < -0.39 is 0 Å². The van der Waals surface area contributed by atoms with Gasteiger partial charge in [-0.2, -0.15) is 0 Å². The van der Waals surface area contributed by atoms with Gasteiger partial charge in [0.25, 0.3) is 0 Å². The first-order chi connectivity index (χ1) is 11.1. The SMILES string of the molecule is CN1CCCC1C1CCCN1C(=O)C1(c2ccc(F)cc2)CC1. The predicted molar refractivity (Wildman–Crippen MR) is 87.7 cm³/mol. The van der Waals surface area contributed by atoms with E-state index in [1.165, 1.54) is 25.0 Å². The van der Waals surface area contributed by atoms with Gasteiger partial charge in [-0.1, -0.05) is 12.1 Å². The van der Waals surface area contributed by atoms with Crippen LogP contribution >= 0.6 is 0 Å². The normalized spacial score (nSPS) is 29.9. The van der Waals surface area contributed by atoms with Gasteiger partial charge in [-0.15, -0.1) is 0 Å². The van der Waals surface area contributed by atoms with E-state index in [0.717, 1.165) is 44.3 Å². The van der Waals surface area contributed by atoms with Gasteiger partial charge < -0.3 is 9.80 Å². The molecule has 4 heteroatoms. The van der Waals surface area contributed by atoms with Crippen LogP contribution in [0.1, 0.15) is 44.1 Å². The topological polar surface area (TPSA) is 23.6 Å². The monoisotopic (exact) mass is 316 g/mol. The van der Waals surface area contributed by atoms with E-state index in [-0.39, 0.29) is 17.1 Å². The third-order valence-corrected chi connectivity index (χ3v) is 6.14. The summed E-state index contributed by atoms with van der Waals surface area (Å²) in [6.07, 6.45) is 6.49. The molecule has 1 aromatic carbocycles. The molecule has 2 aliphatic heterocycles. The van der Waals surface area contributed by atoms with Crippen LogP contribution in [-0.4, -0.2) is 47.9 Å². The fourth-order valence-corrected chi connectivity index (χ4v) is 4.66. The summed E-state index contributed by atoms with van der Waals surface area (Å²) in [5, 5.41) is 0. The maximum absolute atomic E-state index is 13.3. The fourth-order valence-electron chi connectivity index (χ4n) is 4.66. The van der Waals surface area contributed by atoms with Gasteiger partial charge in [-0.25, -0.2) is 4.39 Å². The highest BCUT2D eigenvalue weighted by Crippen LogP contribution is 2.50. The molecule has 4 rings (SSSR count). The van der Waals surface area contributed by atoms with Crippen LogP contribution in [0.4, 0.5) is 4.39 Å². The van der Waals surface area contributed by atoms with Crippen molar-refractivity contribution in [2.75, 3.05) is 20.1 Å². The number of carbonyl (C=O) groups is 1. The van der Waals surface area contributed by atoms with Crippen LogP contribution in [-0.2, 0) is 10.2 Å². The molecule has 1 aliphatic carbocycles. The molecule has 23 heavy (non-hydrogen) atoms. The summed E-state index contributed by atoms with van der Waals surface area (Å²) in [5.41, 5.74) is 0.627. The molecule has 2 heterocycles. The van der Waals surface area contributed by atoms with Crippen LogP contribution in [0.25, 0.3) is 0 Å². The third kappa shape index (κ3) is 2.47. The van der Waals surface area contributed by atoms with Crippen molar-refractivity contribution in [2.45, 2.75) is 56.0 Å². The summed E-state index contributed by atoms with van der Waals surface area (Å²) in [4.78, 5) is 17.9. The van der Waals surface area contributed by atoms with E-state index in [9.17, 15) is 9.18 Å². The van der Waals surface area contributed by atoms with Crippen molar-refractivity contribution >= 4 is 5.91 Å². The van der Waals surface area contributed by atoms with E-state index in [1.807, 2.05) is 0 Å². The molecule has 0 bridgehead atoms. The Morgan fingerprint density at radius 2 is 1.74 bits per heavy atom. The first-order valence-corrected chi connectivity index (χ1v) is 8.89. The minimum atomic E-state index is -0.368. The van der Waals surface area contributed by atoms with E-state index in [1.54, 1.807) is 12.1 Å². The van der Waals surface area contributed by atoms with Gasteiger partial charge in [-0.3, -0.25) is 4.79 Å². The lowest BCUT2D eigenvalue weighted by Gasteiger charge is -2.35. The number of halogens is 1. The van der Waals surface area contributed by atoms with Crippen molar-refractivity contribution in [1.29, 1.82) is 0 Å². The van der Waals surface area contributed by atoms with Gasteiger partial charge in [-0.05, 0) is 69.8 Å². The Kier molecular flexibility index (Phi) is 3.67. The summed E-state index contributed by atoms with van der Waals surface area (Å²) < 4.78 is 13.2. The molecule has 3 nitrogen and oxygen atoms in total. The molecular formula is C19H25FN2O. The number of likely N-dealkylation sites (tertiary alicyclic amines) is 2. The average Bonchev–Trinajstić information content (AvgIpc) is 3.02. The number of nitrogens with zero attached hydrogens (tertiary/aromatic N) is 2. The van der Waals surface area contributed by atoms with E-state index in [2.05, 4.69) is 16.8 Å². The summed E-state index contributed by atoms with van der Waals surface area (Å²) in [6, 6.07) is 7.45. The number of hydrogen-bond acceptors (Lipinski definition) is 2. The first-order valence-electron chi connectivity index (χ1n) is 8.89. The molecule has 1 amide bonds. The van der Waals surface area contributed by atoms with Crippen molar-refractivity contribution in [1.82, 2.24) is 9.80 Å². The standard InChI is InChI=1S/C19H25FN2O/c1-21-12-2-4-16(21)17-5-3-13-22(17)18(23)19(10-11-19)14-6-8-15(20)9-7-14/h6-9,16-17H,2-5,10-13H2,1H3. The Morgan fingerprint density at radius 3 is 2.35 bits per heavy atom. The smallest absolute Gasteiger partial charge is 0.233 e. The van der Waals surface area contributed by atoms with Crippen molar-refractivity contribution in [3.8, 4) is 0 Å². The molecule has 0 N–H and O–H groups in total. The summed E-state index contributed by atoms with van der Waals surface area (Å²) in [7, 11) is 2.19. The maximum atomic E-state index is 13.3. The zero-order chi connectivity index (χ0) is 16.0. The summed E-state index contributed by atoms with van der Waals surface area (Å²) >= 11 is 0. The van der Waals surface area contributed by atoms with Crippen LogP contribution in [0.5, 0.6) is 0 Å². The quantitative estimate of drug-likeness (QED) is 0.856. The second kappa shape index (κ2) is 5.59. The number of rotatable bonds is 3. The molecular weight excluding hydrogens is 291 g/mol. The second-order valence-corrected chi connectivity index (χ2v) is 7.49. The lowest BCUT2D eigenvalue weighted by Crippen LogP contribution is -2.50. The molecule has 2 saturated heterocycles. The van der Waals surface area contributed by atoms with Crippen molar-refractivity contribution in [3.63, 3.8) is 0 Å². The zero-order valence-corrected chi connectivity index (χ0v) is 13.8. The molecule has 3 fully saturated rings. The highest BCUT2D eigenvalue weighted by Gasteiger charge is 2.55. The highest BCUT2D eigenvalue weighted by atomic mass is 19.1. The minimum absolute atomic E-state index is 0.233. The Morgan fingerprint density at radius 1 is 1.09 bits per heavy atom. The van der Waals surface area contributed by atoms with E-state index >= 15 is 0 Å². The van der Waals surface area contributed by atoms with Crippen LogP contribution in [0.3, 0.4) is 0 Å². The van der Waals surface area contributed by atoms with E-state index in [4.69, 9.17) is 0 Å². The second-order valence-electron chi connectivity index (χ2n) is 7.49. The fraction of sp³-hybridized carbons (Fsp3) is 0.632. The van der Waals surface area contributed by atoms with Gasteiger partial charge in [0, 0.05) is 18.6 Å². The molecule has 1 saturated carbocycles. The third-order valence-electron chi connectivity index (χ3n) is 6.14. The minimum Gasteiger partial charge on any atom is -0.337 e. The Labute approximate surface area is 137 Å². The van der Waals surface area contributed by atoms with Crippen LogP contribution in [0.15, 0.2) is 24.3 Å². The van der Waals surface area contributed by atoms with Crippen LogP contribution in [0, 0.1) is 5.82 Å². The van der Waals surface area contributed by atoms with Crippen molar-refractivity contribution in [2.24, 2.45) is 0 Å². The van der Waals surface area contributed by atoms with Crippen LogP contribution < -0.4 is 0 Å². The highest BCUT2D eigenvalue weighted by molar-refractivity contribution is 5.91. The van der Waals surface area contributed by atoms with E-state index in [0.29, 0.717) is 12.1 Å². The van der Waals surface area contributed by atoms with Crippen molar-refractivity contribution in [3.05, 3.63) is 35.6 Å². The largest absolute Gasteiger partial charge is 0.337 e. The van der Waals surface area contributed by atoms with Gasteiger partial charge in [0.15, 0.2) is 0 Å². The molecule has 1 aromatic rings. The summed E-state index contributed by atoms with van der Waals surface area (Å²) in [6.45, 7) is 2.03. The van der Waals surface area contributed by atoms with Crippen molar-refractivity contribution < 1.29 is 9.18 Å². The van der Waals surface area contributed by atoms with Crippen LogP contribution in [0.2, 0.25) is 0 Å². The first kappa shape index (κ1) is 15.1. The number of carbonyl (C=O) groups excluding carboxylic acids is 1. The number of benzene rings is 1. The molecule has 0 aromatic heterocycles. The Bertz CT molecular complexity index is 596. The number of hydrogen-bond donors (Lipinski definition) is 0. The number of likely N-dealkylation sites (N-methyl/N-ethyl adjacent to an activating group) is 1. The Hall–Kier alpha value is -1.42. The summed E-state index contributed by atoms with van der Waals surface area (Å²) in [5.74, 6) is 0.0514. The van der Waals surface area contributed by atoms with Gasteiger partial charge in [0.05, 0.1) is 5.41 Å².